The lowest BCUT2D eigenvalue weighted by molar-refractivity contribution is -0.138. The molecule has 1 N–H and O–H groups in total. The van der Waals surface area contributed by atoms with Crippen molar-refractivity contribution >= 4 is 11.8 Å². The molecule has 2 atom stereocenters. The fraction of sp³-hybridized carbons (Fsp3) is 0.483. The van der Waals surface area contributed by atoms with E-state index in [1.807, 2.05) is 61.5 Å². The second-order valence-corrected chi connectivity index (χ2v) is 9.76. The molecule has 1 aliphatic rings. The summed E-state index contributed by atoms with van der Waals surface area (Å²) in [5, 5.41) is 13.1. The predicted octanol–water partition coefficient (Wildman–Crippen LogP) is 5.28. The molecular weight excluding hydrogens is 422 g/mol. The number of hydrogen-bond donors (Lipinski definition) is 1. The third-order valence-electron chi connectivity index (χ3n) is 7.15. The standard InChI is InChI=1S/C29H37N3O2/c1-22(2)29(21-30,25-10-5-4-6-11-25)18-8-7-13-27(33)32-19-9-12-26(32)28(34)31-20-24-16-14-23(3)15-17-24/h4-6,10-11,14-17,22,26H,7-9,12-13,18-20H2,1-3H3,(H,31,34)/t26-,29+/m1/s1. The van der Waals surface area contributed by atoms with E-state index in [0.29, 0.717) is 25.9 Å². The summed E-state index contributed by atoms with van der Waals surface area (Å²) in [6.45, 7) is 7.33. The fourth-order valence-electron chi connectivity index (χ4n) is 4.93. The third-order valence-corrected chi connectivity index (χ3v) is 7.15. The Bertz CT molecular complexity index is 994. The highest BCUT2D eigenvalue weighted by Crippen LogP contribution is 2.37. The number of likely N-dealkylation sites (tertiary alicyclic amines) is 1. The van der Waals surface area contributed by atoms with Crippen molar-refractivity contribution in [3.63, 3.8) is 0 Å². The Hall–Kier alpha value is -3.13. The van der Waals surface area contributed by atoms with Crippen molar-refractivity contribution < 1.29 is 9.59 Å². The van der Waals surface area contributed by atoms with Crippen molar-refractivity contribution in [1.29, 1.82) is 5.26 Å². The Morgan fingerprint density at radius 3 is 2.47 bits per heavy atom. The molecule has 0 spiro atoms. The molecule has 2 aromatic carbocycles. The quantitative estimate of drug-likeness (QED) is 0.491. The van der Waals surface area contributed by atoms with Crippen LogP contribution in [0.5, 0.6) is 0 Å². The number of carbonyl (C=O) groups excluding carboxylic acids is 2. The molecule has 180 valence electrons. The Labute approximate surface area is 204 Å². The summed E-state index contributed by atoms with van der Waals surface area (Å²) in [5.41, 5.74) is 2.74. The largest absolute Gasteiger partial charge is 0.350 e. The highest BCUT2D eigenvalue weighted by atomic mass is 16.2. The van der Waals surface area contributed by atoms with Gasteiger partial charge < -0.3 is 10.2 Å². The molecule has 5 nitrogen and oxygen atoms in total. The average molecular weight is 460 g/mol. The number of nitriles is 1. The number of rotatable bonds is 10. The SMILES string of the molecule is Cc1ccc(CNC(=O)[C@H]2CCCN2C(=O)CCCC[C@@](C#N)(c2ccccc2)C(C)C)cc1. The van der Waals surface area contributed by atoms with Crippen LogP contribution in [0.1, 0.15) is 69.1 Å². The number of aryl methyl sites for hydroxylation is 1. The van der Waals surface area contributed by atoms with Gasteiger partial charge in [-0.15, -0.1) is 0 Å². The molecule has 0 radical (unpaired) electrons. The monoisotopic (exact) mass is 459 g/mol. The van der Waals surface area contributed by atoms with E-state index in [0.717, 1.165) is 36.8 Å². The first kappa shape index (κ1) is 25.5. The number of unbranched alkanes of at least 4 members (excludes halogenated alkanes) is 1. The van der Waals surface area contributed by atoms with E-state index in [9.17, 15) is 14.9 Å². The van der Waals surface area contributed by atoms with Gasteiger partial charge in [-0.25, -0.2) is 0 Å². The van der Waals surface area contributed by atoms with Gasteiger partial charge in [-0.05, 0) is 49.7 Å². The molecule has 3 rings (SSSR count). The first-order valence-electron chi connectivity index (χ1n) is 12.5. The van der Waals surface area contributed by atoms with Gasteiger partial charge in [0.25, 0.3) is 0 Å². The number of nitrogens with zero attached hydrogens (tertiary/aromatic N) is 2. The molecule has 34 heavy (non-hydrogen) atoms. The minimum Gasteiger partial charge on any atom is -0.350 e. The van der Waals surface area contributed by atoms with E-state index in [-0.39, 0.29) is 23.8 Å². The van der Waals surface area contributed by atoms with Crippen LogP contribution in [0.3, 0.4) is 0 Å². The number of nitrogens with one attached hydrogen (secondary N) is 1. The topological polar surface area (TPSA) is 73.2 Å². The normalized spacial score (nSPS) is 17.3. The molecule has 1 aliphatic heterocycles. The number of hydrogen-bond acceptors (Lipinski definition) is 3. The molecule has 2 aromatic rings. The summed E-state index contributed by atoms with van der Waals surface area (Å²) in [6, 6.07) is 20.3. The first-order valence-corrected chi connectivity index (χ1v) is 12.5. The summed E-state index contributed by atoms with van der Waals surface area (Å²) >= 11 is 0. The van der Waals surface area contributed by atoms with Crippen LogP contribution in [0.2, 0.25) is 0 Å². The summed E-state index contributed by atoms with van der Waals surface area (Å²) in [7, 11) is 0. The average Bonchev–Trinajstić information content (AvgIpc) is 3.34. The maximum atomic E-state index is 13.0. The Kier molecular flexibility index (Phi) is 8.87. The van der Waals surface area contributed by atoms with Crippen LogP contribution in [0.4, 0.5) is 0 Å². The lowest BCUT2D eigenvalue weighted by atomic mass is 9.69. The zero-order valence-corrected chi connectivity index (χ0v) is 20.7. The van der Waals surface area contributed by atoms with Crippen molar-refractivity contribution in [2.75, 3.05) is 6.54 Å². The van der Waals surface area contributed by atoms with Crippen LogP contribution >= 0.6 is 0 Å². The van der Waals surface area contributed by atoms with E-state index < -0.39 is 5.41 Å². The van der Waals surface area contributed by atoms with E-state index in [1.54, 1.807) is 4.90 Å². The number of carbonyl (C=O) groups is 2. The molecular formula is C29H37N3O2. The molecule has 5 heteroatoms. The van der Waals surface area contributed by atoms with Gasteiger partial charge in [-0.1, -0.05) is 80.4 Å². The van der Waals surface area contributed by atoms with Crippen molar-refractivity contribution in [3.05, 3.63) is 71.3 Å². The summed E-state index contributed by atoms with van der Waals surface area (Å²) in [4.78, 5) is 27.5. The number of amides is 2. The molecule has 0 aromatic heterocycles. The van der Waals surface area contributed by atoms with Gasteiger partial charge in [-0.3, -0.25) is 9.59 Å². The maximum Gasteiger partial charge on any atom is 0.243 e. The zero-order chi connectivity index (χ0) is 24.6. The van der Waals surface area contributed by atoms with Gasteiger partial charge in [0.05, 0.1) is 11.5 Å². The first-order chi connectivity index (χ1) is 16.4. The minimum atomic E-state index is -0.545. The Morgan fingerprint density at radius 1 is 1.12 bits per heavy atom. The van der Waals surface area contributed by atoms with Gasteiger partial charge in [0, 0.05) is 19.5 Å². The molecule has 0 bridgehead atoms. The third kappa shape index (κ3) is 6.05. The fourth-order valence-corrected chi connectivity index (χ4v) is 4.93. The van der Waals surface area contributed by atoms with E-state index in [1.165, 1.54) is 5.56 Å². The Balaban J connectivity index is 1.51. The van der Waals surface area contributed by atoms with Crippen LogP contribution in [-0.4, -0.2) is 29.3 Å². The molecule has 1 saturated heterocycles. The summed E-state index contributed by atoms with van der Waals surface area (Å²) in [5.74, 6) is 0.148. The van der Waals surface area contributed by atoms with Crippen LogP contribution in [0.15, 0.2) is 54.6 Å². The Morgan fingerprint density at radius 2 is 1.82 bits per heavy atom. The summed E-state index contributed by atoms with van der Waals surface area (Å²) < 4.78 is 0. The van der Waals surface area contributed by atoms with Crippen LogP contribution in [-0.2, 0) is 21.5 Å². The minimum absolute atomic E-state index is 0.0415. The molecule has 0 saturated carbocycles. The van der Waals surface area contributed by atoms with Crippen LogP contribution < -0.4 is 5.32 Å². The zero-order valence-electron chi connectivity index (χ0n) is 20.7. The molecule has 0 aliphatic carbocycles. The lowest BCUT2D eigenvalue weighted by Crippen LogP contribution is -2.45. The van der Waals surface area contributed by atoms with Gasteiger partial charge in [-0.2, -0.15) is 5.26 Å². The highest BCUT2D eigenvalue weighted by Gasteiger charge is 2.36. The second kappa shape index (κ2) is 11.8. The van der Waals surface area contributed by atoms with Crippen LogP contribution in [0, 0.1) is 24.2 Å². The van der Waals surface area contributed by atoms with Crippen LogP contribution in [0.25, 0.3) is 0 Å². The lowest BCUT2D eigenvalue weighted by Gasteiger charge is -2.31. The van der Waals surface area contributed by atoms with E-state index in [4.69, 9.17) is 0 Å². The summed E-state index contributed by atoms with van der Waals surface area (Å²) in [6.07, 6.45) is 4.22. The molecule has 1 fully saturated rings. The van der Waals surface area contributed by atoms with Crippen molar-refractivity contribution in [2.24, 2.45) is 5.92 Å². The predicted molar refractivity (Wildman–Crippen MR) is 135 cm³/mol. The van der Waals surface area contributed by atoms with Crippen molar-refractivity contribution in [2.45, 2.75) is 77.3 Å². The highest BCUT2D eigenvalue weighted by molar-refractivity contribution is 5.88. The molecule has 0 unspecified atom stereocenters. The number of benzene rings is 2. The van der Waals surface area contributed by atoms with E-state index in [2.05, 4.69) is 25.2 Å². The molecule has 1 heterocycles. The maximum absolute atomic E-state index is 13.0. The van der Waals surface area contributed by atoms with Gasteiger partial charge in [0.1, 0.15) is 6.04 Å². The second-order valence-electron chi connectivity index (χ2n) is 9.76. The molecule has 2 amide bonds. The van der Waals surface area contributed by atoms with Gasteiger partial charge in [0.15, 0.2) is 0 Å². The van der Waals surface area contributed by atoms with E-state index >= 15 is 0 Å². The van der Waals surface area contributed by atoms with Crippen molar-refractivity contribution in [3.8, 4) is 6.07 Å². The smallest absolute Gasteiger partial charge is 0.243 e. The van der Waals surface area contributed by atoms with Crippen molar-refractivity contribution in [1.82, 2.24) is 10.2 Å². The van der Waals surface area contributed by atoms with Gasteiger partial charge in [0.2, 0.25) is 11.8 Å². The van der Waals surface area contributed by atoms with Gasteiger partial charge >= 0.3 is 0 Å².